The summed E-state index contributed by atoms with van der Waals surface area (Å²) in [6, 6.07) is 12.3. The first-order valence-corrected chi connectivity index (χ1v) is 8.61. The van der Waals surface area contributed by atoms with Gasteiger partial charge in [-0.1, -0.05) is 30.2 Å². The van der Waals surface area contributed by atoms with Gasteiger partial charge in [0.25, 0.3) is 5.91 Å². The Labute approximate surface area is 147 Å². The van der Waals surface area contributed by atoms with Crippen molar-refractivity contribution >= 4 is 23.2 Å². The van der Waals surface area contributed by atoms with Crippen molar-refractivity contribution in [1.82, 2.24) is 4.90 Å². The van der Waals surface area contributed by atoms with Gasteiger partial charge in [0.05, 0.1) is 5.56 Å². The minimum absolute atomic E-state index is 0.0846. The molecule has 0 aliphatic carbocycles. The van der Waals surface area contributed by atoms with Crippen molar-refractivity contribution in [1.29, 1.82) is 0 Å². The molecule has 1 aliphatic heterocycles. The number of likely N-dealkylation sites (tertiary alicyclic amines) is 1. The molecule has 0 spiro atoms. The summed E-state index contributed by atoms with van der Waals surface area (Å²) in [6.07, 6.45) is 3.88. The molecule has 2 aromatic rings. The maximum absolute atomic E-state index is 12.3. The first-order valence-electron chi connectivity index (χ1n) is 8.23. The van der Waals surface area contributed by atoms with Gasteiger partial charge in [0.2, 0.25) is 0 Å². The molecule has 0 aromatic heterocycles. The Bertz CT molecular complexity index is 710. The molecule has 0 atom stereocenters. The molecule has 1 aliphatic rings. The molecule has 1 fully saturated rings. The molecule has 24 heavy (non-hydrogen) atoms. The smallest absolute Gasteiger partial charge is 0.259 e. The number of nitrogens with zero attached hydrogens (tertiary/aromatic N) is 1. The lowest BCUT2D eigenvalue weighted by atomic mass is 10.1. The third kappa shape index (κ3) is 4.28. The van der Waals surface area contributed by atoms with E-state index in [0.29, 0.717) is 10.7 Å². The number of benzene rings is 2. The highest BCUT2D eigenvalue weighted by molar-refractivity contribution is 6.31. The van der Waals surface area contributed by atoms with Crippen LogP contribution in [0, 0.1) is 0 Å². The summed E-state index contributed by atoms with van der Waals surface area (Å²) in [5.74, 6) is -0.461. The van der Waals surface area contributed by atoms with Crippen molar-refractivity contribution < 1.29 is 9.90 Å². The van der Waals surface area contributed by atoms with Crippen molar-refractivity contribution in [2.24, 2.45) is 0 Å². The fraction of sp³-hybridized carbons (Fsp3) is 0.316. The molecule has 1 amide bonds. The highest BCUT2D eigenvalue weighted by Gasteiger charge is 2.13. The minimum atomic E-state index is -0.376. The van der Waals surface area contributed by atoms with Crippen molar-refractivity contribution in [2.45, 2.75) is 25.8 Å². The Morgan fingerprint density at radius 3 is 2.50 bits per heavy atom. The van der Waals surface area contributed by atoms with Crippen molar-refractivity contribution in [3.8, 4) is 5.75 Å². The maximum atomic E-state index is 12.3. The molecule has 0 unspecified atom stereocenters. The van der Waals surface area contributed by atoms with Gasteiger partial charge in [-0.05, 0) is 61.8 Å². The molecule has 126 valence electrons. The van der Waals surface area contributed by atoms with E-state index in [1.54, 1.807) is 6.07 Å². The molecule has 1 saturated heterocycles. The Hall–Kier alpha value is -2.04. The van der Waals surface area contributed by atoms with E-state index in [-0.39, 0.29) is 17.2 Å². The zero-order chi connectivity index (χ0) is 16.9. The predicted molar refractivity (Wildman–Crippen MR) is 96.6 cm³/mol. The summed E-state index contributed by atoms with van der Waals surface area (Å²) in [5.41, 5.74) is 2.10. The van der Waals surface area contributed by atoms with Gasteiger partial charge in [-0.3, -0.25) is 9.69 Å². The molecule has 2 N–H and O–H groups in total. The largest absolute Gasteiger partial charge is 0.507 e. The van der Waals surface area contributed by atoms with Gasteiger partial charge in [0.15, 0.2) is 0 Å². The molecule has 0 saturated carbocycles. The molecule has 0 radical (unpaired) electrons. The van der Waals surface area contributed by atoms with Crippen LogP contribution < -0.4 is 5.32 Å². The van der Waals surface area contributed by atoms with E-state index in [4.69, 9.17) is 11.6 Å². The third-order valence-corrected chi connectivity index (χ3v) is 4.50. The first-order chi connectivity index (χ1) is 11.6. The average molecular weight is 345 g/mol. The van der Waals surface area contributed by atoms with Crippen LogP contribution >= 0.6 is 11.6 Å². The summed E-state index contributed by atoms with van der Waals surface area (Å²) < 4.78 is 0. The van der Waals surface area contributed by atoms with E-state index in [9.17, 15) is 9.90 Å². The van der Waals surface area contributed by atoms with Crippen molar-refractivity contribution in [3.63, 3.8) is 0 Å². The van der Waals surface area contributed by atoms with Crippen LogP contribution in [0.2, 0.25) is 5.02 Å². The monoisotopic (exact) mass is 344 g/mol. The molecule has 1 heterocycles. The normalized spacial score (nSPS) is 15.2. The molecule has 3 rings (SSSR count). The highest BCUT2D eigenvalue weighted by atomic mass is 35.5. The van der Waals surface area contributed by atoms with Gasteiger partial charge in [0, 0.05) is 17.3 Å². The van der Waals surface area contributed by atoms with E-state index in [1.165, 1.54) is 37.0 Å². The number of anilines is 1. The number of phenols is 1. The molecular formula is C19H21ClN2O2. The summed E-state index contributed by atoms with van der Waals surface area (Å²) in [7, 11) is 0. The molecule has 4 nitrogen and oxygen atoms in total. The standard InChI is InChI=1S/C19H21ClN2O2/c20-15-6-9-18(23)17(12-15)19(24)21-16-7-4-14(5-8-16)13-22-10-2-1-3-11-22/h4-9,12,23H,1-3,10-11,13H2,(H,21,24). The lowest BCUT2D eigenvalue weighted by Crippen LogP contribution is -2.29. The van der Waals surface area contributed by atoms with Crippen LogP contribution in [0.3, 0.4) is 0 Å². The topological polar surface area (TPSA) is 52.6 Å². The number of nitrogens with one attached hydrogen (secondary N) is 1. The number of rotatable bonds is 4. The van der Waals surface area contributed by atoms with Crippen LogP contribution in [-0.2, 0) is 6.54 Å². The van der Waals surface area contributed by atoms with Crippen molar-refractivity contribution in [2.75, 3.05) is 18.4 Å². The first kappa shape index (κ1) is 16.8. The molecule has 0 bridgehead atoms. The number of hydrogen-bond acceptors (Lipinski definition) is 3. The van der Waals surface area contributed by atoms with Gasteiger partial charge in [-0.2, -0.15) is 0 Å². The van der Waals surface area contributed by atoms with E-state index >= 15 is 0 Å². The quantitative estimate of drug-likeness (QED) is 0.870. The van der Waals surface area contributed by atoms with Gasteiger partial charge < -0.3 is 10.4 Å². The zero-order valence-electron chi connectivity index (χ0n) is 13.5. The fourth-order valence-electron chi connectivity index (χ4n) is 2.96. The van der Waals surface area contributed by atoms with E-state index in [1.807, 2.05) is 24.3 Å². The summed E-state index contributed by atoms with van der Waals surface area (Å²) in [5, 5.41) is 13.0. The lowest BCUT2D eigenvalue weighted by Gasteiger charge is -2.26. The second-order valence-electron chi connectivity index (χ2n) is 6.15. The summed E-state index contributed by atoms with van der Waals surface area (Å²) >= 11 is 5.88. The summed E-state index contributed by atoms with van der Waals surface area (Å²) in [4.78, 5) is 14.7. The number of phenolic OH excluding ortho intramolecular Hbond substituents is 1. The number of carbonyl (C=O) groups excluding carboxylic acids is 1. The van der Waals surface area contributed by atoms with Crippen LogP contribution in [0.25, 0.3) is 0 Å². The van der Waals surface area contributed by atoms with Gasteiger partial charge in [-0.15, -0.1) is 0 Å². The van der Waals surface area contributed by atoms with E-state index in [0.717, 1.165) is 19.6 Å². The van der Waals surface area contributed by atoms with Gasteiger partial charge in [0.1, 0.15) is 5.75 Å². The Morgan fingerprint density at radius 1 is 1.08 bits per heavy atom. The average Bonchev–Trinajstić information content (AvgIpc) is 2.59. The van der Waals surface area contributed by atoms with Gasteiger partial charge in [-0.25, -0.2) is 0 Å². The second-order valence-corrected chi connectivity index (χ2v) is 6.59. The number of piperidine rings is 1. The third-order valence-electron chi connectivity index (χ3n) is 4.27. The van der Waals surface area contributed by atoms with Crippen LogP contribution in [0.15, 0.2) is 42.5 Å². The predicted octanol–water partition coefficient (Wildman–Crippen LogP) is 4.28. The summed E-state index contributed by atoms with van der Waals surface area (Å²) in [6.45, 7) is 3.27. The second kappa shape index (κ2) is 7.69. The molecular weight excluding hydrogens is 324 g/mol. The Kier molecular flexibility index (Phi) is 5.38. The van der Waals surface area contributed by atoms with Crippen LogP contribution in [0.1, 0.15) is 35.2 Å². The molecule has 2 aromatic carbocycles. The van der Waals surface area contributed by atoms with Crippen LogP contribution in [-0.4, -0.2) is 29.0 Å². The minimum Gasteiger partial charge on any atom is -0.507 e. The van der Waals surface area contributed by atoms with E-state index < -0.39 is 0 Å². The lowest BCUT2D eigenvalue weighted by molar-refractivity contribution is 0.102. The number of aromatic hydroxyl groups is 1. The molecule has 5 heteroatoms. The number of hydrogen-bond donors (Lipinski definition) is 2. The zero-order valence-corrected chi connectivity index (χ0v) is 14.2. The van der Waals surface area contributed by atoms with Crippen LogP contribution in [0.5, 0.6) is 5.75 Å². The van der Waals surface area contributed by atoms with Gasteiger partial charge >= 0.3 is 0 Å². The van der Waals surface area contributed by atoms with Crippen LogP contribution in [0.4, 0.5) is 5.69 Å². The number of halogens is 1. The Morgan fingerprint density at radius 2 is 1.79 bits per heavy atom. The van der Waals surface area contributed by atoms with Crippen molar-refractivity contribution in [3.05, 3.63) is 58.6 Å². The highest BCUT2D eigenvalue weighted by Crippen LogP contribution is 2.23. The number of carbonyl (C=O) groups is 1. The fourth-order valence-corrected chi connectivity index (χ4v) is 3.13. The SMILES string of the molecule is O=C(Nc1ccc(CN2CCCCC2)cc1)c1cc(Cl)ccc1O. The Balaban J connectivity index is 1.63. The van der Waals surface area contributed by atoms with E-state index in [2.05, 4.69) is 10.2 Å². The maximum Gasteiger partial charge on any atom is 0.259 e. The number of amides is 1.